The van der Waals surface area contributed by atoms with Gasteiger partial charge >= 0.3 is 0 Å². The van der Waals surface area contributed by atoms with Crippen molar-refractivity contribution in [2.75, 3.05) is 25.4 Å². The van der Waals surface area contributed by atoms with Crippen LogP contribution in [-0.2, 0) is 9.84 Å². The molecule has 4 nitrogen and oxygen atoms in total. The molecule has 0 saturated carbocycles. The fourth-order valence-electron chi connectivity index (χ4n) is 1.24. The van der Waals surface area contributed by atoms with Crippen molar-refractivity contribution >= 4 is 9.84 Å². The van der Waals surface area contributed by atoms with Crippen molar-refractivity contribution in [1.82, 2.24) is 5.32 Å². The van der Waals surface area contributed by atoms with Gasteiger partial charge < -0.3 is 11.1 Å². The van der Waals surface area contributed by atoms with E-state index in [1.807, 2.05) is 0 Å². The van der Waals surface area contributed by atoms with Crippen molar-refractivity contribution < 1.29 is 8.42 Å². The Morgan fingerprint density at radius 3 is 2.82 bits per heavy atom. The summed E-state index contributed by atoms with van der Waals surface area (Å²) in [5, 5.41) is 2.79. The first-order valence-electron chi connectivity index (χ1n) is 3.79. The van der Waals surface area contributed by atoms with Gasteiger partial charge in [-0.1, -0.05) is 0 Å². The Bertz CT molecular complexity index is 211. The lowest BCUT2D eigenvalue weighted by Crippen LogP contribution is -2.44. The summed E-state index contributed by atoms with van der Waals surface area (Å²) in [4.78, 5) is 0. The van der Waals surface area contributed by atoms with E-state index < -0.39 is 9.84 Å². The van der Waals surface area contributed by atoms with Crippen molar-refractivity contribution in [3.63, 3.8) is 0 Å². The number of rotatable bonds is 2. The van der Waals surface area contributed by atoms with E-state index >= 15 is 0 Å². The highest BCUT2D eigenvalue weighted by molar-refractivity contribution is 7.92. The molecule has 1 heterocycles. The van der Waals surface area contributed by atoms with Gasteiger partial charge in [0.2, 0.25) is 0 Å². The number of nitrogens with two attached hydrogens (primary N) is 1. The van der Waals surface area contributed by atoms with E-state index in [1.54, 1.807) is 0 Å². The second kappa shape index (κ2) is 3.51. The first-order chi connectivity index (χ1) is 5.17. The SMILES string of the molecule is NCCC1CNCCS1(=O)=O. The Balaban J connectivity index is 2.60. The molecule has 0 aliphatic carbocycles. The van der Waals surface area contributed by atoms with Crippen LogP contribution in [0.5, 0.6) is 0 Å². The maximum absolute atomic E-state index is 11.3. The maximum Gasteiger partial charge on any atom is 0.155 e. The first kappa shape index (κ1) is 8.96. The van der Waals surface area contributed by atoms with Gasteiger partial charge in [0.25, 0.3) is 0 Å². The van der Waals surface area contributed by atoms with Crippen LogP contribution in [0.25, 0.3) is 0 Å². The number of sulfone groups is 1. The summed E-state index contributed by atoms with van der Waals surface area (Å²) in [6.45, 7) is 1.61. The van der Waals surface area contributed by atoms with Gasteiger partial charge in [0.05, 0.1) is 11.0 Å². The van der Waals surface area contributed by atoms with Crippen LogP contribution < -0.4 is 11.1 Å². The average Bonchev–Trinajstić information content (AvgIpc) is 1.94. The molecule has 66 valence electrons. The Kier molecular flexibility index (Phi) is 2.86. The third kappa shape index (κ3) is 2.15. The molecule has 0 aromatic heterocycles. The summed E-state index contributed by atoms with van der Waals surface area (Å²) in [5.41, 5.74) is 5.29. The van der Waals surface area contributed by atoms with E-state index in [0.29, 0.717) is 26.1 Å². The van der Waals surface area contributed by atoms with E-state index in [2.05, 4.69) is 5.32 Å². The van der Waals surface area contributed by atoms with Crippen molar-refractivity contribution in [3.05, 3.63) is 0 Å². The molecule has 1 aliphatic heterocycles. The van der Waals surface area contributed by atoms with Gasteiger partial charge in [-0.25, -0.2) is 8.42 Å². The fraction of sp³-hybridized carbons (Fsp3) is 1.00. The Morgan fingerprint density at radius 2 is 2.27 bits per heavy atom. The van der Waals surface area contributed by atoms with Crippen molar-refractivity contribution in [2.24, 2.45) is 5.73 Å². The Labute approximate surface area is 67.1 Å². The zero-order chi connectivity index (χ0) is 8.32. The van der Waals surface area contributed by atoms with Gasteiger partial charge in [-0.2, -0.15) is 0 Å². The molecule has 0 amide bonds. The largest absolute Gasteiger partial charge is 0.330 e. The lowest BCUT2D eigenvalue weighted by atomic mass is 10.3. The molecule has 1 unspecified atom stereocenters. The molecule has 0 aromatic carbocycles. The molecule has 3 N–H and O–H groups in total. The van der Waals surface area contributed by atoms with Gasteiger partial charge in [0.15, 0.2) is 9.84 Å². The molecular weight excluding hydrogens is 164 g/mol. The summed E-state index contributed by atoms with van der Waals surface area (Å²) in [7, 11) is -2.83. The standard InChI is InChI=1S/C6H14N2O2S/c7-2-1-6-5-8-3-4-11(6,9)10/h6,8H,1-5,7H2. The molecule has 0 bridgehead atoms. The number of nitrogens with one attached hydrogen (secondary N) is 1. The highest BCUT2D eigenvalue weighted by atomic mass is 32.2. The molecule has 5 heteroatoms. The van der Waals surface area contributed by atoms with Crippen molar-refractivity contribution in [2.45, 2.75) is 11.7 Å². The summed E-state index contributed by atoms with van der Waals surface area (Å²) in [5.74, 6) is 0.262. The van der Waals surface area contributed by atoms with E-state index in [-0.39, 0.29) is 11.0 Å². The van der Waals surface area contributed by atoms with Crippen LogP contribution >= 0.6 is 0 Å². The van der Waals surface area contributed by atoms with E-state index in [9.17, 15) is 8.42 Å². The van der Waals surface area contributed by atoms with Crippen LogP contribution in [0.2, 0.25) is 0 Å². The topological polar surface area (TPSA) is 72.2 Å². The zero-order valence-electron chi connectivity index (χ0n) is 6.41. The maximum atomic E-state index is 11.3. The second-order valence-corrected chi connectivity index (χ2v) is 5.17. The molecular formula is C6H14N2O2S. The van der Waals surface area contributed by atoms with Gasteiger partial charge in [-0.05, 0) is 13.0 Å². The molecule has 1 saturated heterocycles. The smallest absolute Gasteiger partial charge is 0.155 e. The van der Waals surface area contributed by atoms with Gasteiger partial charge in [0, 0.05) is 13.1 Å². The summed E-state index contributed by atoms with van der Waals surface area (Å²) >= 11 is 0. The summed E-state index contributed by atoms with van der Waals surface area (Å²) in [6, 6.07) is 0. The van der Waals surface area contributed by atoms with Gasteiger partial charge in [-0.3, -0.25) is 0 Å². The lowest BCUT2D eigenvalue weighted by molar-refractivity contribution is 0.535. The van der Waals surface area contributed by atoms with E-state index in [4.69, 9.17) is 5.73 Å². The number of hydrogen-bond donors (Lipinski definition) is 2. The molecule has 1 rings (SSSR count). The molecule has 1 aliphatic rings. The molecule has 1 atom stereocenters. The predicted molar refractivity (Wildman–Crippen MR) is 44.1 cm³/mol. The minimum absolute atomic E-state index is 0.249. The fourth-order valence-corrected chi connectivity index (χ4v) is 2.87. The minimum Gasteiger partial charge on any atom is -0.330 e. The predicted octanol–water partition coefficient (Wildman–Crippen LogP) is -1.28. The lowest BCUT2D eigenvalue weighted by Gasteiger charge is -2.22. The highest BCUT2D eigenvalue weighted by Gasteiger charge is 2.27. The van der Waals surface area contributed by atoms with Gasteiger partial charge in [0.1, 0.15) is 0 Å². The molecule has 1 fully saturated rings. The zero-order valence-corrected chi connectivity index (χ0v) is 7.23. The normalized spacial score (nSPS) is 30.1. The van der Waals surface area contributed by atoms with Crippen molar-refractivity contribution in [3.8, 4) is 0 Å². The summed E-state index contributed by atoms with van der Waals surface area (Å²) < 4.78 is 22.6. The van der Waals surface area contributed by atoms with Crippen LogP contribution in [-0.4, -0.2) is 39.1 Å². The molecule has 0 aromatic rings. The molecule has 0 radical (unpaired) electrons. The Hall–Kier alpha value is -0.130. The van der Waals surface area contributed by atoms with Crippen LogP contribution in [0.1, 0.15) is 6.42 Å². The molecule has 0 spiro atoms. The van der Waals surface area contributed by atoms with Crippen molar-refractivity contribution in [1.29, 1.82) is 0 Å². The third-order valence-corrected chi connectivity index (χ3v) is 4.12. The monoisotopic (exact) mass is 178 g/mol. The van der Waals surface area contributed by atoms with Gasteiger partial charge in [-0.15, -0.1) is 0 Å². The van der Waals surface area contributed by atoms with E-state index in [0.717, 1.165) is 0 Å². The molecule has 11 heavy (non-hydrogen) atoms. The number of hydrogen-bond acceptors (Lipinski definition) is 4. The summed E-state index contributed by atoms with van der Waals surface area (Å²) in [6.07, 6.45) is 0.579. The highest BCUT2D eigenvalue weighted by Crippen LogP contribution is 2.08. The minimum atomic E-state index is -2.83. The Morgan fingerprint density at radius 1 is 1.55 bits per heavy atom. The van der Waals surface area contributed by atoms with Crippen LogP contribution in [0, 0.1) is 0 Å². The first-order valence-corrected chi connectivity index (χ1v) is 5.50. The van der Waals surface area contributed by atoms with Crippen LogP contribution in [0.3, 0.4) is 0 Å². The second-order valence-electron chi connectivity index (χ2n) is 2.77. The quantitative estimate of drug-likeness (QED) is 0.552. The average molecular weight is 178 g/mol. The van der Waals surface area contributed by atoms with Crippen LogP contribution in [0.15, 0.2) is 0 Å². The third-order valence-electron chi connectivity index (χ3n) is 1.93. The van der Waals surface area contributed by atoms with E-state index in [1.165, 1.54) is 0 Å². The van der Waals surface area contributed by atoms with Crippen LogP contribution in [0.4, 0.5) is 0 Å².